The van der Waals surface area contributed by atoms with Crippen molar-refractivity contribution in [2.24, 2.45) is 0 Å². The zero-order chi connectivity index (χ0) is 14.9. The average molecular weight is 347 g/mol. The van der Waals surface area contributed by atoms with Crippen molar-refractivity contribution in [1.29, 1.82) is 0 Å². The van der Waals surface area contributed by atoms with Crippen LogP contribution >= 0.6 is 34.0 Å². The first-order valence-electron chi connectivity index (χ1n) is 7.15. The van der Waals surface area contributed by atoms with E-state index < -0.39 is 0 Å². The molecule has 22 heavy (non-hydrogen) atoms. The smallest absolute Gasteiger partial charge is 0.273 e. The van der Waals surface area contributed by atoms with Crippen LogP contribution in [-0.4, -0.2) is 22.3 Å². The number of hydrogen-bond acceptors (Lipinski definition) is 5. The molecule has 6 heteroatoms. The highest BCUT2D eigenvalue weighted by molar-refractivity contribution is 7.20. The minimum atomic E-state index is 0.0627. The molecule has 1 fully saturated rings. The average Bonchev–Trinajstić information content (AvgIpc) is 3.35. The van der Waals surface area contributed by atoms with Crippen molar-refractivity contribution < 1.29 is 4.79 Å². The van der Waals surface area contributed by atoms with Gasteiger partial charge in [0.1, 0.15) is 10.7 Å². The Labute approximate surface area is 140 Å². The van der Waals surface area contributed by atoms with Crippen molar-refractivity contribution in [1.82, 2.24) is 9.88 Å². The van der Waals surface area contributed by atoms with E-state index in [9.17, 15) is 4.79 Å². The summed E-state index contributed by atoms with van der Waals surface area (Å²) in [4.78, 5) is 20.5. The van der Waals surface area contributed by atoms with Crippen LogP contribution in [-0.2, 0) is 0 Å². The Balaban J connectivity index is 1.59. The van der Waals surface area contributed by atoms with Gasteiger partial charge in [-0.25, -0.2) is 4.98 Å². The van der Waals surface area contributed by atoms with Crippen LogP contribution in [0.5, 0.6) is 0 Å². The number of rotatable bonds is 3. The van der Waals surface area contributed by atoms with Crippen LogP contribution in [0, 0.1) is 0 Å². The molecule has 4 rings (SSSR count). The molecule has 0 aromatic carbocycles. The summed E-state index contributed by atoms with van der Waals surface area (Å²) in [6.45, 7) is 0.825. The number of thiophene rings is 2. The van der Waals surface area contributed by atoms with Gasteiger partial charge in [-0.1, -0.05) is 6.07 Å². The highest BCUT2D eigenvalue weighted by atomic mass is 32.1. The van der Waals surface area contributed by atoms with E-state index in [0.29, 0.717) is 5.69 Å². The van der Waals surface area contributed by atoms with Gasteiger partial charge in [-0.3, -0.25) is 4.79 Å². The lowest BCUT2D eigenvalue weighted by atomic mass is 10.1. The maximum Gasteiger partial charge on any atom is 0.273 e. The summed E-state index contributed by atoms with van der Waals surface area (Å²) in [5.74, 6) is 0.0627. The van der Waals surface area contributed by atoms with Gasteiger partial charge in [0.15, 0.2) is 0 Å². The van der Waals surface area contributed by atoms with Gasteiger partial charge in [-0.2, -0.15) is 11.3 Å². The minimum absolute atomic E-state index is 0.0627. The molecule has 1 amide bonds. The Morgan fingerprint density at radius 1 is 1.23 bits per heavy atom. The second kappa shape index (κ2) is 5.95. The Morgan fingerprint density at radius 3 is 2.95 bits per heavy atom. The molecule has 1 atom stereocenters. The molecule has 0 bridgehead atoms. The van der Waals surface area contributed by atoms with Gasteiger partial charge in [0.25, 0.3) is 5.91 Å². The van der Waals surface area contributed by atoms with Gasteiger partial charge in [0.2, 0.25) is 0 Å². The van der Waals surface area contributed by atoms with Gasteiger partial charge in [0.05, 0.1) is 10.9 Å². The van der Waals surface area contributed by atoms with Gasteiger partial charge >= 0.3 is 0 Å². The summed E-state index contributed by atoms with van der Waals surface area (Å²) in [7, 11) is 0. The van der Waals surface area contributed by atoms with Crippen LogP contribution in [0.3, 0.4) is 0 Å². The van der Waals surface area contributed by atoms with E-state index in [1.54, 1.807) is 34.0 Å². The standard InChI is InChI=1S/C16H14N2OS3/c19-16(12-10-22-15(17-12)14-4-2-7-21-14)18-6-1-3-13(18)11-5-8-20-9-11/h2,4-5,7-10,13H,1,3,6H2/t13-/m1/s1. The van der Waals surface area contributed by atoms with E-state index in [2.05, 4.69) is 21.8 Å². The molecule has 112 valence electrons. The molecule has 0 spiro atoms. The molecule has 1 aliphatic rings. The number of aromatic nitrogens is 1. The van der Waals surface area contributed by atoms with E-state index in [4.69, 9.17) is 0 Å². The van der Waals surface area contributed by atoms with E-state index in [-0.39, 0.29) is 11.9 Å². The molecule has 3 aromatic rings. The molecule has 0 N–H and O–H groups in total. The largest absolute Gasteiger partial charge is 0.330 e. The Bertz CT molecular complexity index is 761. The quantitative estimate of drug-likeness (QED) is 0.675. The van der Waals surface area contributed by atoms with Crippen molar-refractivity contribution in [3.05, 3.63) is 51.0 Å². The molecular weight excluding hydrogens is 332 g/mol. The van der Waals surface area contributed by atoms with Gasteiger partial charge in [-0.05, 0) is 46.7 Å². The summed E-state index contributed by atoms with van der Waals surface area (Å²) in [5.41, 5.74) is 1.83. The summed E-state index contributed by atoms with van der Waals surface area (Å²) >= 11 is 4.89. The van der Waals surface area contributed by atoms with E-state index in [0.717, 1.165) is 29.3 Å². The molecule has 0 unspecified atom stereocenters. The summed E-state index contributed by atoms with van der Waals surface area (Å²) in [6.07, 6.45) is 2.11. The minimum Gasteiger partial charge on any atom is -0.330 e. The fourth-order valence-electron chi connectivity index (χ4n) is 2.85. The molecule has 0 aliphatic carbocycles. The van der Waals surface area contributed by atoms with Gasteiger partial charge < -0.3 is 4.90 Å². The zero-order valence-corrected chi connectivity index (χ0v) is 14.2. The zero-order valence-electron chi connectivity index (χ0n) is 11.8. The maximum atomic E-state index is 12.8. The fourth-order valence-corrected chi connectivity index (χ4v) is 5.17. The number of thiazole rings is 1. The predicted octanol–water partition coefficient (Wildman–Crippen LogP) is 4.91. The lowest BCUT2D eigenvalue weighted by molar-refractivity contribution is 0.0731. The molecule has 3 aromatic heterocycles. The second-order valence-electron chi connectivity index (χ2n) is 5.23. The maximum absolute atomic E-state index is 12.8. The van der Waals surface area contributed by atoms with Crippen molar-refractivity contribution in [3.8, 4) is 9.88 Å². The highest BCUT2D eigenvalue weighted by Gasteiger charge is 2.31. The summed E-state index contributed by atoms with van der Waals surface area (Å²) in [5, 5.41) is 9.08. The van der Waals surface area contributed by atoms with E-state index in [1.165, 1.54) is 5.56 Å². The van der Waals surface area contributed by atoms with Crippen LogP contribution < -0.4 is 0 Å². The summed E-state index contributed by atoms with van der Waals surface area (Å²) < 4.78 is 0. The Morgan fingerprint density at radius 2 is 2.18 bits per heavy atom. The lowest BCUT2D eigenvalue weighted by Gasteiger charge is -2.23. The highest BCUT2D eigenvalue weighted by Crippen LogP contribution is 2.35. The third-order valence-electron chi connectivity index (χ3n) is 3.90. The normalized spacial score (nSPS) is 18.0. The second-order valence-corrected chi connectivity index (χ2v) is 7.81. The molecule has 4 heterocycles. The first-order chi connectivity index (χ1) is 10.8. The van der Waals surface area contributed by atoms with Crippen molar-refractivity contribution in [2.45, 2.75) is 18.9 Å². The molecule has 0 radical (unpaired) electrons. The number of carbonyl (C=O) groups is 1. The molecule has 1 saturated heterocycles. The Hall–Kier alpha value is -1.50. The van der Waals surface area contributed by atoms with E-state index >= 15 is 0 Å². The number of carbonyl (C=O) groups excluding carboxylic acids is 1. The third kappa shape index (κ3) is 2.51. The third-order valence-corrected chi connectivity index (χ3v) is 6.48. The number of hydrogen-bond donors (Lipinski definition) is 0. The van der Waals surface area contributed by atoms with Crippen molar-refractivity contribution in [2.75, 3.05) is 6.54 Å². The number of nitrogens with zero attached hydrogens (tertiary/aromatic N) is 2. The topological polar surface area (TPSA) is 33.2 Å². The number of amides is 1. The van der Waals surface area contributed by atoms with Gasteiger partial charge in [0, 0.05) is 11.9 Å². The van der Waals surface area contributed by atoms with Crippen LogP contribution in [0.4, 0.5) is 0 Å². The SMILES string of the molecule is O=C(c1csc(-c2cccs2)n1)N1CCC[C@@H]1c1ccsc1. The first-order valence-corrected chi connectivity index (χ1v) is 9.85. The van der Waals surface area contributed by atoms with Gasteiger partial charge in [-0.15, -0.1) is 22.7 Å². The predicted molar refractivity (Wildman–Crippen MR) is 92.8 cm³/mol. The monoisotopic (exact) mass is 346 g/mol. The molecule has 1 aliphatic heterocycles. The van der Waals surface area contributed by atoms with Crippen LogP contribution in [0.25, 0.3) is 9.88 Å². The lowest BCUT2D eigenvalue weighted by Crippen LogP contribution is -2.30. The fraction of sp³-hybridized carbons (Fsp3) is 0.250. The molecule has 3 nitrogen and oxygen atoms in total. The number of likely N-dealkylation sites (tertiary alicyclic amines) is 1. The van der Waals surface area contributed by atoms with Crippen LogP contribution in [0.15, 0.2) is 39.7 Å². The Kier molecular flexibility index (Phi) is 3.82. The molecular formula is C16H14N2OS3. The van der Waals surface area contributed by atoms with Crippen molar-refractivity contribution in [3.63, 3.8) is 0 Å². The van der Waals surface area contributed by atoms with E-state index in [1.807, 2.05) is 27.8 Å². The first kappa shape index (κ1) is 14.1. The summed E-state index contributed by atoms with van der Waals surface area (Å²) in [6, 6.07) is 6.39. The van der Waals surface area contributed by atoms with Crippen LogP contribution in [0.1, 0.15) is 34.9 Å². The van der Waals surface area contributed by atoms with Crippen LogP contribution in [0.2, 0.25) is 0 Å². The molecule has 0 saturated carbocycles. The van der Waals surface area contributed by atoms with Crippen molar-refractivity contribution >= 4 is 39.9 Å².